The first-order valence-electron chi connectivity index (χ1n) is 4.22. The van der Waals surface area contributed by atoms with E-state index in [9.17, 15) is 0 Å². The van der Waals surface area contributed by atoms with E-state index in [1.807, 2.05) is 13.8 Å². The molecule has 0 atom stereocenters. The molecule has 0 aliphatic rings. The molecule has 0 aromatic carbocycles. The van der Waals surface area contributed by atoms with Gasteiger partial charge in [0.05, 0.1) is 0 Å². The van der Waals surface area contributed by atoms with Gasteiger partial charge in [0.25, 0.3) is 0 Å². The molecule has 0 amide bonds. The number of hydrogen-bond acceptors (Lipinski definition) is 7. The lowest BCUT2D eigenvalue weighted by molar-refractivity contribution is 1.01. The van der Waals surface area contributed by atoms with E-state index in [2.05, 4.69) is 19.3 Å². The van der Waals surface area contributed by atoms with Crippen molar-refractivity contribution in [2.24, 2.45) is 0 Å². The van der Waals surface area contributed by atoms with Gasteiger partial charge in [-0.2, -0.15) is 4.37 Å². The predicted molar refractivity (Wildman–Crippen MR) is 60.0 cm³/mol. The minimum Gasteiger partial charge on any atom is -0.368 e. The summed E-state index contributed by atoms with van der Waals surface area (Å²) >= 11 is 2.82. The van der Waals surface area contributed by atoms with Gasteiger partial charge in [-0.3, -0.25) is 0 Å². The summed E-state index contributed by atoms with van der Waals surface area (Å²) in [5, 5.41) is 0.832. The van der Waals surface area contributed by atoms with E-state index in [4.69, 9.17) is 5.73 Å². The Bertz CT molecular complexity index is 482. The third-order valence-corrected chi connectivity index (χ3v) is 3.59. The quantitative estimate of drug-likeness (QED) is 0.803. The molecule has 0 saturated carbocycles. The largest absolute Gasteiger partial charge is 0.368 e. The highest BCUT2D eigenvalue weighted by Gasteiger charge is 2.07. The second-order valence-electron chi connectivity index (χ2n) is 2.93. The van der Waals surface area contributed by atoms with E-state index < -0.39 is 0 Å². The normalized spacial score (nSPS) is 10.5. The molecule has 0 aliphatic carbocycles. The summed E-state index contributed by atoms with van der Waals surface area (Å²) in [6, 6.07) is 0. The number of nitrogens with two attached hydrogens (primary N) is 1. The van der Waals surface area contributed by atoms with Crippen molar-refractivity contribution in [1.82, 2.24) is 19.3 Å². The molecule has 0 spiro atoms. The zero-order valence-corrected chi connectivity index (χ0v) is 9.89. The van der Waals surface area contributed by atoms with Crippen molar-refractivity contribution in [3.05, 3.63) is 17.6 Å². The minimum absolute atomic E-state index is 0.282. The Morgan fingerprint density at radius 2 is 2.13 bits per heavy atom. The molecule has 5 nitrogen and oxygen atoms in total. The molecule has 0 radical (unpaired) electrons. The molecule has 2 aromatic heterocycles. The predicted octanol–water partition coefficient (Wildman–Crippen LogP) is 1.68. The molecule has 2 N–H and O–H groups in total. The number of hydrogen-bond donors (Lipinski definition) is 1. The van der Waals surface area contributed by atoms with Gasteiger partial charge in [-0.1, -0.05) is 0 Å². The maximum Gasteiger partial charge on any atom is 0.221 e. The van der Waals surface area contributed by atoms with E-state index in [1.165, 1.54) is 23.3 Å². The molecular formula is C8H9N5S2. The van der Waals surface area contributed by atoms with Crippen molar-refractivity contribution in [1.29, 1.82) is 0 Å². The van der Waals surface area contributed by atoms with Gasteiger partial charge in [-0.15, -0.1) is 0 Å². The molecule has 15 heavy (non-hydrogen) atoms. The van der Waals surface area contributed by atoms with Gasteiger partial charge in [0.15, 0.2) is 4.34 Å². The van der Waals surface area contributed by atoms with Crippen LogP contribution in [0, 0.1) is 13.8 Å². The average Bonchev–Trinajstić information content (AvgIpc) is 2.58. The number of rotatable bonds is 2. The summed E-state index contributed by atoms with van der Waals surface area (Å²) in [4.78, 5) is 12.3. The Labute approximate surface area is 95.3 Å². The molecule has 2 heterocycles. The molecule has 7 heteroatoms. The highest BCUT2D eigenvalue weighted by atomic mass is 32.2. The van der Waals surface area contributed by atoms with Gasteiger partial charge < -0.3 is 5.73 Å². The summed E-state index contributed by atoms with van der Waals surface area (Å²) in [7, 11) is 0. The molecule has 0 aliphatic heterocycles. The lowest BCUT2D eigenvalue weighted by atomic mass is 10.4. The number of anilines is 1. The first-order chi connectivity index (χ1) is 7.15. The Balaban J connectivity index is 2.27. The van der Waals surface area contributed by atoms with Crippen molar-refractivity contribution in [3.8, 4) is 0 Å². The zero-order chi connectivity index (χ0) is 10.8. The van der Waals surface area contributed by atoms with Crippen LogP contribution in [0.1, 0.15) is 11.4 Å². The van der Waals surface area contributed by atoms with Gasteiger partial charge in [0.2, 0.25) is 5.95 Å². The minimum atomic E-state index is 0.282. The van der Waals surface area contributed by atoms with E-state index in [0.717, 1.165) is 20.8 Å². The summed E-state index contributed by atoms with van der Waals surface area (Å²) < 4.78 is 4.97. The van der Waals surface area contributed by atoms with Crippen LogP contribution >= 0.6 is 23.3 Å². The van der Waals surface area contributed by atoms with Crippen molar-refractivity contribution < 1.29 is 0 Å². The lowest BCUT2D eigenvalue weighted by Crippen LogP contribution is -1.96. The highest BCUT2D eigenvalue weighted by molar-refractivity contribution is 8.00. The van der Waals surface area contributed by atoms with Gasteiger partial charge in [-0.25, -0.2) is 15.0 Å². The van der Waals surface area contributed by atoms with E-state index in [-0.39, 0.29) is 5.95 Å². The van der Waals surface area contributed by atoms with Gasteiger partial charge in [-0.05, 0) is 37.1 Å². The maximum absolute atomic E-state index is 5.52. The van der Waals surface area contributed by atoms with Crippen molar-refractivity contribution in [3.63, 3.8) is 0 Å². The van der Waals surface area contributed by atoms with Gasteiger partial charge in [0, 0.05) is 11.8 Å². The Kier molecular flexibility index (Phi) is 2.83. The Hall–Kier alpha value is -1.21. The summed E-state index contributed by atoms with van der Waals surface area (Å²) in [5.74, 6) is 1.06. The second kappa shape index (κ2) is 4.11. The summed E-state index contributed by atoms with van der Waals surface area (Å²) in [5.41, 5.74) is 6.51. The Morgan fingerprint density at radius 1 is 1.33 bits per heavy atom. The van der Waals surface area contributed by atoms with Gasteiger partial charge in [0.1, 0.15) is 10.9 Å². The number of nitrogens with zero attached hydrogens (tertiary/aromatic N) is 4. The molecule has 78 valence electrons. The third-order valence-electron chi connectivity index (χ3n) is 1.64. The monoisotopic (exact) mass is 239 g/mol. The van der Waals surface area contributed by atoms with Crippen LogP contribution in [0.3, 0.4) is 0 Å². The first kappa shape index (κ1) is 10.3. The molecule has 0 saturated heterocycles. The molecular weight excluding hydrogens is 230 g/mol. The summed E-state index contributed by atoms with van der Waals surface area (Å²) in [6.07, 6.45) is 1.71. The average molecular weight is 239 g/mol. The third kappa shape index (κ3) is 2.42. The van der Waals surface area contributed by atoms with E-state index in [1.54, 1.807) is 6.20 Å². The van der Waals surface area contributed by atoms with Crippen LogP contribution in [-0.4, -0.2) is 19.3 Å². The molecule has 0 unspecified atom stereocenters. The van der Waals surface area contributed by atoms with Crippen LogP contribution in [0.25, 0.3) is 0 Å². The fourth-order valence-corrected chi connectivity index (χ4v) is 2.56. The van der Waals surface area contributed by atoms with Crippen LogP contribution < -0.4 is 5.73 Å². The van der Waals surface area contributed by atoms with Crippen molar-refractivity contribution in [2.75, 3.05) is 5.73 Å². The fraction of sp³-hybridized carbons (Fsp3) is 0.250. The SMILES string of the molecule is Cc1nsc(Sc2nc(N)ncc2C)n1. The lowest BCUT2D eigenvalue weighted by Gasteiger charge is -2.01. The van der Waals surface area contributed by atoms with Crippen LogP contribution in [-0.2, 0) is 0 Å². The standard InChI is InChI=1S/C8H9N5S2/c1-4-3-10-7(9)12-6(4)14-8-11-5(2)13-15-8/h3H,1-2H3,(H2,9,10,12). The smallest absolute Gasteiger partial charge is 0.221 e. The van der Waals surface area contributed by atoms with E-state index >= 15 is 0 Å². The molecule has 0 bridgehead atoms. The van der Waals surface area contributed by atoms with Crippen LogP contribution in [0.15, 0.2) is 15.6 Å². The maximum atomic E-state index is 5.52. The van der Waals surface area contributed by atoms with Gasteiger partial charge >= 0.3 is 0 Å². The van der Waals surface area contributed by atoms with Crippen LogP contribution in [0.4, 0.5) is 5.95 Å². The zero-order valence-electron chi connectivity index (χ0n) is 8.26. The first-order valence-corrected chi connectivity index (χ1v) is 5.81. The molecule has 2 rings (SSSR count). The number of aryl methyl sites for hydroxylation is 2. The van der Waals surface area contributed by atoms with Crippen molar-refractivity contribution >= 4 is 29.2 Å². The van der Waals surface area contributed by atoms with E-state index in [0.29, 0.717) is 0 Å². The molecule has 2 aromatic rings. The number of nitrogen functional groups attached to an aromatic ring is 1. The fourth-order valence-electron chi connectivity index (χ4n) is 0.945. The Morgan fingerprint density at radius 3 is 2.80 bits per heavy atom. The topological polar surface area (TPSA) is 77.6 Å². The van der Waals surface area contributed by atoms with Crippen LogP contribution in [0.2, 0.25) is 0 Å². The molecule has 0 fully saturated rings. The number of aromatic nitrogens is 4. The van der Waals surface area contributed by atoms with Crippen molar-refractivity contribution in [2.45, 2.75) is 23.2 Å². The highest BCUT2D eigenvalue weighted by Crippen LogP contribution is 2.29. The van der Waals surface area contributed by atoms with Crippen LogP contribution in [0.5, 0.6) is 0 Å². The summed E-state index contributed by atoms with van der Waals surface area (Å²) in [6.45, 7) is 3.80. The second-order valence-corrected chi connectivity index (χ2v) is 4.91.